The number of anilines is 1. The van der Waals surface area contributed by atoms with Gasteiger partial charge in [-0.25, -0.2) is 9.48 Å². The third-order valence-corrected chi connectivity index (χ3v) is 10.3. The predicted octanol–water partition coefficient (Wildman–Crippen LogP) is 6.79. The molecule has 53 heavy (non-hydrogen) atoms. The van der Waals surface area contributed by atoms with Gasteiger partial charge in [0.25, 0.3) is 0 Å². The lowest BCUT2D eigenvalue weighted by atomic mass is 9.85. The van der Waals surface area contributed by atoms with Crippen LogP contribution in [0.2, 0.25) is 0 Å². The van der Waals surface area contributed by atoms with Crippen molar-refractivity contribution in [2.45, 2.75) is 77.5 Å². The SMILES string of the molecule is CC(C)c1nnc2ccc(O[C@@H]3CC[C@H](NC(=O)Nc4cc(C(C)(C)C)nn4-c4ccc5cnn(CCN6CCOCC6)c5c4)c4ccccc43)cn12. The summed E-state index contributed by atoms with van der Waals surface area (Å²) >= 11 is 0. The van der Waals surface area contributed by atoms with Gasteiger partial charge in [0.15, 0.2) is 5.65 Å². The number of amides is 2. The van der Waals surface area contributed by atoms with E-state index in [1.165, 1.54) is 0 Å². The first-order chi connectivity index (χ1) is 25.6. The van der Waals surface area contributed by atoms with Crippen LogP contribution < -0.4 is 15.4 Å². The lowest BCUT2D eigenvalue weighted by molar-refractivity contribution is 0.0361. The summed E-state index contributed by atoms with van der Waals surface area (Å²) in [6.07, 6.45) is 5.18. The molecule has 2 atom stereocenters. The van der Waals surface area contributed by atoms with E-state index in [0.717, 1.165) is 103 Å². The lowest BCUT2D eigenvalue weighted by Crippen LogP contribution is -2.38. The largest absolute Gasteiger partial charge is 0.484 e. The monoisotopic (exact) mass is 716 g/mol. The van der Waals surface area contributed by atoms with Crippen molar-refractivity contribution in [2.24, 2.45) is 0 Å². The molecule has 1 aliphatic heterocycles. The molecule has 1 aliphatic carbocycles. The molecule has 2 N–H and O–H groups in total. The van der Waals surface area contributed by atoms with Gasteiger partial charge < -0.3 is 14.8 Å². The third kappa shape index (κ3) is 7.23. The Morgan fingerprint density at radius 1 is 0.981 bits per heavy atom. The highest BCUT2D eigenvalue weighted by atomic mass is 16.5. The van der Waals surface area contributed by atoms with E-state index in [4.69, 9.17) is 19.7 Å². The van der Waals surface area contributed by atoms with Gasteiger partial charge >= 0.3 is 6.03 Å². The second-order valence-electron chi connectivity index (χ2n) is 15.4. The number of fused-ring (bicyclic) bond motifs is 3. The Kier molecular flexibility index (Phi) is 9.37. The molecule has 8 rings (SSSR count). The zero-order valence-electron chi connectivity index (χ0n) is 31.1. The molecule has 0 unspecified atom stereocenters. The van der Waals surface area contributed by atoms with Gasteiger partial charge in [-0.15, -0.1) is 10.2 Å². The maximum atomic E-state index is 13.8. The number of urea groups is 1. The number of pyridine rings is 1. The van der Waals surface area contributed by atoms with Crippen LogP contribution in [0.3, 0.4) is 0 Å². The number of hydrogen-bond donors (Lipinski definition) is 2. The van der Waals surface area contributed by atoms with Crippen LogP contribution in [-0.2, 0) is 16.7 Å². The minimum absolute atomic E-state index is 0.156. The number of carbonyl (C=O) groups excluding carboxylic acids is 1. The van der Waals surface area contributed by atoms with Crippen LogP contribution in [0.5, 0.6) is 5.75 Å². The first-order valence-corrected chi connectivity index (χ1v) is 18.6. The zero-order valence-corrected chi connectivity index (χ0v) is 31.1. The summed E-state index contributed by atoms with van der Waals surface area (Å²) in [7, 11) is 0. The number of rotatable bonds is 9. The second-order valence-corrected chi connectivity index (χ2v) is 15.4. The quantitative estimate of drug-likeness (QED) is 0.167. The van der Waals surface area contributed by atoms with Crippen molar-refractivity contribution in [3.05, 3.63) is 95.7 Å². The maximum absolute atomic E-state index is 13.8. The topological polar surface area (TPSA) is 129 Å². The van der Waals surface area contributed by atoms with Gasteiger partial charge in [0.2, 0.25) is 0 Å². The summed E-state index contributed by atoms with van der Waals surface area (Å²) in [5, 5.41) is 25.8. The Labute approximate surface area is 309 Å². The van der Waals surface area contributed by atoms with Crippen molar-refractivity contribution >= 4 is 28.4 Å². The molecule has 0 spiro atoms. The Bertz CT molecular complexity index is 2240. The average molecular weight is 717 g/mol. The van der Waals surface area contributed by atoms with E-state index < -0.39 is 0 Å². The van der Waals surface area contributed by atoms with Gasteiger partial charge in [0.05, 0.1) is 55.1 Å². The van der Waals surface area contributed by atoms with E-state index >= 15 is 0 Å². The highest BCUT2D eigenvalue weighted by Crippen LogP contribution is 2.39. The molecular formula is C40H48N10O3. The summed E-state index contributed by atoms with van der Waals surface area (Å²) in [4.78, 5) is 16.2. The van der Waals surface area contributed by atoms with Gasteiger partial charge in [0.1, 0.15) is 23.5 Å². The van der Waals surface area contributed by atoms with E-state index in [1.54, 1.807) is 0 Å². The summed E-state index contributed by atoms with van der Waals surface area (Å²) in [6, 6.07) is 19.8. The highest BCUT2D eigenvalue weighted by molar-refractivity contribution is 5.89. The lowest BCUT2D eigenvalue weighted by Gasteiger charge is -2.32. The molecular weight excluding hydrogens is 669 g/mol. The first-order valence-electron chi connectivity index (χ1n) is 18.6. The molecule has 2 aromatic carbocycles. The summed E-state index contributed by atoms with van der Waals surface area (Å²) < 4.78 is 18.0. The number of hydrogen-bond acceptors (Lipinski definition) is 8. The molecule has 1 saturated heterocycles. The van der Waals surface area contributed by atoms with E-state index in [0.29, 0.717) is 5.82 Å². The zero-order chi connectivity index (χ0) is 36.7. The molecule has 13 heteroatoms. The fourth-order valence-corrected chi connectivity index (χ4v) is 7.31. The van der Waals surface area contributed by atoms with Crippen LogP contribution in [0, 0.1) is 0 Å². The Morgan fingerprint density at radius 2 is 1.79 bits per heavy atom. The number of carbonyl (C=O) groups is 1. The summed E-state index contributed by atoms with van der Waals surface area (Å²) in [6.45, 7) is 15.7. The van der Waals surface area contributed by atoms with E-state index in [2.05, 4.69) is 89.3 Å². The first kappa shape index (κ1) is 34.8. The highest BCUT2D eigenvalue weighted by Gasteiger charge is 2.30. The molecule has 2 aliphatic rings. The molecule has 276 valence electrons. The molecule has 1 fully saturated rings. The van der Waals surface area contributed by atoms with Crippen molar-refractivity contribution in [1.82, 2.24) is 44.4 Å². The molecule has 2 amide bonds. The molecule has 0 saturated carbocycles. The summed E-state index contributed by atoms with van der Waals surface area (Å²) in [5.74, 6) is 2.48. The number of ether oxygens (including phenoxy) is 2. The number of morpholine rings is 1. The third-order valence-electron chi connectivity index (χ3n) is 10.3. The van der Waals surface area contributed by atoms with E-state index in [9.17, 15) is 4.79 Å². The standard InChI is InChI=1S/C40H48N10O3/c1-26(2)38-45-44-36-15-12-29(25-48(36)38)53-34-14-13-32(30-8-6-7-9-31(30)34)42-39(51)43-37-23-35(40(3,4)5)46-50(37)28-11-10-27-24-41-49(33(27)22-28)17-16-47-18-20-52-21-19-47/h6-12,15,22-26,32,34H,13-14,16-21H2,1-5H3,(H2,42,43,51)/t32-,34+/m0/s1. The fraction of sp³-hybridized carbons (Fsp3) is 0.425. The van der Waals surface area contributed by atoms with Crippen molar-refractivity contribution in [3.8, 4) is 11.4 Å². The van der Waals surface area contributed by atoms with Gasteiger partial charge in [-0.1, -0.05) is 58.9 Å². The van der Waals surface area contributed by atoms with Crippen molar-refractivity contribution in [1.29, 1.82) is 0 Å². The molecule has 5 heterocycles. The van der Waals surface area contributed by atoms with Crippen LogP contribution in [0.25, 0.3) is 22.2 Å². The second kappa shape index (κ2) is 14.3. The molecule has 4 aromatic heterocycles. The summed E-state index contributed by atoms with van der Waals surface area (Å²) in [5.41, 5.74) is 5.43. The molecule has 0 bridgehead atoms. The number of nitrogens with zero attached hydrogens (tertiary/aromatic N) is 8. The van der Waals surface area contributed by atoms with E-state index in [1.807, 2.05) is 57.9 Å². The van der Waals surface area contributed by atoms with Crippen LogP contribution >= 0.6 is 0 Å². The Hall–Kier alpha value is -5.27. The normalized spacial score (nSPS) is 18.1. The maximum Gasteiger partial charge on any atom is 0.320 e. The Balaban J connectivity index is 1.01. The minimum atomic E-state index is -0.290. The number of benzene rings is 2. The van der Waals surface area contributed by atoms with Crippen LogP contribution in [0.15, 0.2) is 73.1 Å². The number of nitrogens with one attached hydrogen (secondary N) is 2. The van der Waals surface area contributed by atoms with Crippen LogP contribution in [0.1, 0.15) is 88.2 Å². The van der Waals surface area contributed by atoms with Gasteiger partial charge in [0, 0.05) is 42.4 Å². The van der Waals surface area contributed by atoms with Gasteiger partial charge in [-0.2, -0.15) is 10.2 Å². The average Bonchev–Trinajstić information content (AvgIpc) is 3.89. The minimum Gasteiger partial charge on any atom is -0.484 e. The van der Waals surface area contributed by atoms with Crippen molar-refractivity contribution < 1.29 is 14.3 Å². The molecule has 0 radical (unpaired) electrons. The van der Waals surface area contributed by atoms with E-state index in [-0.39, 0.29) is 29.5 Å². The molecule has 13 nitrogen and oxygen atoms in total. The number of aromatic nitrogens is 7. The van der Waals surface area contributed by atoms with Gasteiger partial charge in [-0.3, -0.25) is 19.3 Å². The van der Waals surface area contributed by atoms with Crippen molar-refractivity contribution in [2.75, 3.05) is 38.2 Å². The Morgan fingerprint density at radius 3 is 2.58 bits per heavy atom. The van der Waals surface area contributed by atoms with Gasteiger partial charge in [-0.05, 0) is 54.3 Å². The van der Waals surface area contributed by atoms with Crippen LogP contribution in [0.4, 0.5) is 10.6 Å². The smallest absolute Gasteiger partial charge is 0.320 e. The molecule has 6 aromatic rings. The predicted molar refractivity (Wildman–Crippen MR) is 204 cm³/mol. The van der Waals surface area contributed by atoms with Crippen molar-refractivity contribution in [3.63, 3.8) is 0 Å². The fourth-order valence-electron chi connectivity index (χ4n) is 7.31. The van der Waals surface area contributed by atoms with Crippen LogP contribution in [-0.4, -0.2) is 77.9 Å².